The van der Waals surface area contributed by atoms with Crippen molar-refractivity contribution in [2.45, 2.75) is 59.8 Å². The quantitative estimate of drug-likeness (QED) is 0.693. The van der Waals surface area contributed by atoms with Gasteiger partial charge in [-0.2, -0.15) is 0 Å². The van der Waals surface area contributed by atoms with Crippen LogP contribution in [0.1, 0.15) is 62.8 Å². The molecule has 1 aromatic heterocycles. The van der Waals surface area contributed by atoms with Gasteiger partial charge in [0, 0.05) is 17.5 Å². The van der Waals surface area contributed by atoms with Crippen molar-refractivity contribution in [1.29, 1.82) is 5.41 Å². The molecule has 0 aliphatic heterocycles. The maximum atomic E-state index is 7.39. The number of pyridine rings is 1. The van der Waals surface area contributed by atoms with Crippen molar-refractivity contribution < 1.29 is 0 Å². The van der Waals surface area contributed by atoms with E-state index in [1.165, 1.54) is 38.5 Å². The monoisotopic (exact) mass is 312 g/mol. The maximum absolute atomic E-state index is 7.39. The summed E-state index contributed by atoms with van der Waals surface area (Å²) in [5.41, 5.74) is 2.87. The first kappa shape index (κ1) is 17.3. The number of nitrogens with one attached hydrogen (secondary N) is 1. The highest BCUT2D eigenvalue weighted by Crippen LogP contribution is 2.15. The first-order valence-electron chi connectivity index (χ1n) is 6.29. The Hall–Kier alpha value is -0.700. The SMILES string of the molecule is C.C1CCCCC1.Cc1ccnc(C)c1C(=N)Br. The minimum Gasteiger partial charge on any atom is -0.293 e. The number of hydrogen-bond acceptors (Lipinski definition) is 2. The van der Waals surface area contributed by atoms with E-state index in [4.69, 9.17) is 5.41 Å². The smallest absolute Gasteiger partial charge is 0.106 e. The molecular weight excluding hydrogens is 288 g/mol. The van der Waals surface area contributed by atoms with Gasteiger partial charge in [0.1, 0.15) is 4.62 Å². The average Bonchev–Trinajstić information content (AvgIpc) is 2.31. The van der Waals surface area contributed by atoms with Crippen molar-refractivity contribution in [2.24, 2.45) is 0 Å². The van der Waals surface area contributed by atoms with Crippen molar-refractivity contribution in [3.05, 3.63) is 29.1 Å². The second-order valence-electron chi connectivity index (χ2n) is 4.52. The Labute approximate surface area is 120 Å². The molecule has 1 saturated carbocycles. The van der Waals surface area contributed by atoms with Gasteiger partial charge < -0.3 is 0 Å². The highest BCUT2D eigenvalue weighted by molar-refractivity contribution is 9.18. The number of halogens is 1. The Balaban J connectivity index is 0.000000352. The minimum atomic E-state index is 0. The van der Waals surface area contributed by atoms with Crippen LogP contribution in [-0.2, 0) is 0 Å². The molecule has 1 fully saturated rings. The lowest BCUT2D eigenvalue weighted by Crippen LogP contribution is -1.98. The van der Waals surface area contributed by atoms with Gasteiger partial charge in [0.2, 0.25) is 0 Å². The highest BCUT2D eigenvalue weighted by atomic mass is 79.9. The molecule has 0 aromatic carbocycles. The van der Waals surface area contributed by atoms with E-state index in [2.05, 4.69) is 20.9 Å². The molecule has 1 aliphatic carbocycles. The van der Waals surface area contributed by atoms with E-state index in [1.807, 2.05) is 19.9 Å². The normalized spacial score (nSPS) is 13.9. The zero-order valence-corrected chi connectivity index (χ0v) is 12.3. The average molecular weight is 313 g/mol. The predicted octanol–water partition coefficient (Wildman–Crippen LogP) is 5.40. The fourth-order valence-corrected chi connectivity index (χ4v) is 2.69. The summed E-state index contributed by atoms with van der Waals surface area (Å²) in [6, 6.07) is 1.90. The molecule has 0 atom stereocenters. The maximum Gasteiger partial charge on any atom is 0.106 e. The van der Waals surface area contributed by atoms with Crippen LogP contribution in [0.2, 0.25) is 0 Å². The highest BCUT2D eigenvalue weighted by Gasteiger charge is 2.05. The van der Waals surface area contributed by atoms with E-state index in [0.717, 1.165) is 16.8 Å². The van der Waals surface area contributed by atoms with Crippen LogP contribution in [0, 0.1) is 19.3 Å². The summed E-state index contributed by atoms with van der Waals surface area (Å²) in [5.74, 6) is 0. The standard InChI is InChI=1S/C8H9BrN2.C6H12.CH4/c1-5-3-4-11-6(2)7(5)8(9)10;1-2-4-6-5-3-1;/h3-4,10H,1-2H3;1-6H2;1H4. The summed E-state index contributed by atoms with van der Waals surface area (Å²) < 4.78 is 0.403. The van der Waals surface area contributed by atoms with Crippen molar-refractivity contribution >= 4 is 20.6 Å². The van der Waals surface area contributed by atoms with Crippen LogP contribution in [0.3, 0.4) is 0 Å². The summed E-state index contributed by atoms with van der Waals surface area (Å²) in [4.78, 5) is 4.09. The van der Waals surface area contributed by atoms with Crippen LogP contribution >= 0.6 is 15.9 Å². The largest absolute Gasteiger partial charge is 0.293 e. The lowest BCUT2D eigenvalue weighted by Gasteiger charge is -2.05. The van der Waals surface area contributed by atoms with Crippen molar-refractivity contribution in [1.82, 2.24) is 4.98 Å². The molecule has 0 radical (unpaired) electrons. The van der Waals surface area contributed by atoms with Crippen molar-refractivity contribution in [3.8, 4) is 0 Å². The molecule has 0 spiro atoms. The Morgan fingerprint density at radius 3 is 1.83 bits per heavy atom. The van der Waals surface area contributed by atoms with Crippen LogP contribution in [0.5, 0.6) is 0 Å². The lowest BCUT2D eigenvalue weighted by atomic mass is 10.0. The van der Waals surface area contributed by atoms with E-state index in [-0.39, 0.29) is 7.43 Å². The number of nitrogens with zero attached hydrogens (tertiary/aromatic N) is 1. The third-order valence-corrected chi connectivity index (χ3v) is 3.46. The molecule has 2 rings (SSSR count). The first-order valence-corrected chi connectivity index (χ1v) is 7.09. The third kappa shape index (κ3) is 5.76. The van der Waals surface area contributed by atoms with Gasteiger partial charge in [-0.15, -0.1) is 0 Å². The van der Waals surface area contributed by atoms with E-state index < -0.39 is 0 Å². The number of rotatable bonds is 1. The molecular formula is C15H25BrN2. The molecule has 18 heavy (non-hydrogen) atoms. The predicted molar refractivity (Wildman–Crippen MR) is 83.9 cm³/mol. The van der Waals surface area contributed by atoms with Gasteiger partial charge in [-0.25, -0.2) is 0 Å². The topological polar surface area (TPSA) is 36.7 Å². The molecule has 0 amide bonds. The van der Waals surface area contributed by atoms with Gasteiger partial charge in [0.25, 0.3) is 0 Å². The molecule has 1 aromatic rings. The zero-order valence-electron chi connectivity index (χ0n) is 10.7. The Morgan fingerprint density at radius 2 is 1.56 bits per heavy atom. The van der Waals surface area contributed by atoms with E-state index in [1.54, 1.807) is 6.20 Å². The van der Waals surface area contributed by atoms with Crippen LogP contribution in [0.25, 0.3) is 0 Å². The lowest BCUT2D eigenvalue weighted by molar-refractivity contribution is 0.504. The molecule has 1 aliphatic rings. The first-order chi connectivity index (χ1) is 8.13. The molecule has 1 heterocycles. The fraction of sp³-hybridized carbons (Fsp3) is 0.600. The van der Waals surface area contributed by atoms with E-state index >= 15 is 0 Å². The Kier molecular flexibility index (Phi) is 8.90. The fourth-order valence-electron chi connectivity index (χ4n) is 2.09. The molecule has 102 valence electrons. The molecule has 0 bridgehead atoms. The summed E-state index contributed by atoms with van der Waals surface area (Å²) in [6.07, 6.45) is 10.8. The van der Waals surface area contributed by atoms with Crippen LogP contribution < -0.4 is 0 Å². The number of aromatic nitrogens is 1. The van der Waals surface area contributed by atoms with Gasteiger partial charge in [-0.3, -0.25) is 10.4 Å². The van der Waals surface area contributed by atoms with Crippen LogP contribution in [0.15, 0.2) is 12.3 Å². The van der Waals surface area contributed by atoms with Gasteiger partial charge in [0.15, 0.2) is 0 Å². The molecule has 0 unspecified atom stereocenters. The summed E-state index contributed by atoms with van der Waals surface area (Å²) >= 11 is 3.13. The summed E-state index contributed by atoms with van der Waals surface area (Å²) in [5, 5.41) is 7.39. The molecule has 0 saturated heterocycles. The minimum absolute atomic E-state index is 0. The second-order valence-corrected chi connectivity index (χ2v) is 5.32. The zero-order chi connectivity index (χ0) is 12.7. The molecule has 2 nitrogen and oxygen atoms in total. The van der Waals surface area contributed by atoms with Crippen LogP contribution in [0.4, 0.5) is 0 Å². The van der Waals surface area contributed by atoms with Gasteiger partial charge in [-0.05, 0) is 41.4 Å². The van der Waals surface area contributed by atoms with E-state index in [9.17, 15) is 0 Å². The van der Waals surface area contributed by atoms with E-state index in [0.29, 0.717) is 4.62 Å². The third-order valence-electron chi connectivity index (χ3n) is 3.07. The number of aryl methyl sites for hydroxylation is 2. The second kappa shape index (κ2) is 9.26. The Bertz CT molecular complexity index is 339. The van der Waals surface area contributed by atoms with Gasteiger partial charge >= 0.3 is 0 Å². The van der Waals surface area contributed by atoms with Gasteiger partial charge in [0.05, 0.1) is 0 Å². The van der Waals surface area contributed by atoms with Crippen molar-refractivity contribution in [3.63, 3.8) is 0 Å². The van der Waals surface area contributed by atoms with Crippen molar-refractivity contribution in [2.75, 3.05) is 0 Å². The van der Waals surface area contributed by atoms with Gasteiger partial charge in [-0.1, -0.05) is 46.0 Å². The van der Waals surface area contributed by atoms with Crippen LogP contribution in [-0.4, -0.2) is 9.60 Å². The Morgan fingerprint density at radius 1 is 1.11 bits per heavy atom. The number of hydrogen-bond donors (Lipinski definition) is 1. The summed E-state index contributed by atoms with van der Waals surface area (Å²) in [7, 11) is 0. The summed E-state index contributed by atoms with van der Waals surface area (Å²) in [6.45, 7) is 3.87. The molecule has 3 heteroatoms. The molecule has 1 N–H and O–H groups in total.